The highest BCUT2D eigenvalue weighted by atomic mass is 16.5. The van der Waals surface area contributed by atoms with Crippen LogP contribution in [0.25, 0.3) is 0 Å². The van der Waals surface area contributed by atoms with E-state index in [2.05, 4.69) is 4.90 Å². The molecule has 2 fully saturated rings. The van der Waals surface area contributed by atoms with Crippen molar-refractivity contribution in [2.75, 3.05) is 19.8 Å². The van der Waals surface area contributed by atoms with Crippen LogP contribution in [0, 0.1) is 0 Å². The molecule has 0 aliphatic carbocycles. The summed E-state index contributed by atoms with van der Waals surface area (Å²) in [5.41, 5.74) is 0. The summed E-state index contributed by atoms with van der Waals surface area (Å²) in [5, 5.41) is 0. The third-order valence-electron chi connectivity index (χ3n) is 3.47. The molecule has 1 atom stereocenters. The molecule has 2 rings (SSSR count). The number of amides is 1. The van der Waals surface area contributed by atoms with Crippen LogP contribution in [0.1, 0.15) is 44.9 Å². The van der Waals surface area contributed by atoms with Crippen molar-refractivity contribution in [3.05, 3.63) is 0 Å². The molecule has 2 heterocycles. The average molecular weight is 211 g/mol. The van der Waals surface area contributed by atoms with Crippen LogP contribution in [0.3, 0.4) is 0 Å². The molecular formula is C12H21NO2. The second kappa shape index (κ2) is 5.50. The third kappa shape index (κ3) is 2.94. The average Bonchev–Trinajstić information content (AvgIpc) is 2.59. The van der Waals surface area contributed by atoms with E-state index in [9.17, 15) is 4.79 Å². The quantitative estimate of drug-likeness (QED) is 0.663. The lowest BCUT2D eigenvalue weighted by Crippen LogP contribution is -2.40. The minimum Gasteiger partial charge on any atom is -0.381 e. The lowest BCUT2D eigenvalue weighted by atomic mass is 10.1. The van der Waals surface area contributed by atoms with E-state index in [-0.39, 0.29) is 0 Å². The van der Waals surface area contributed by atoms with Gasteiger partial charge in [0.25, 0.3) is 0 Å². The molecule has 0 aromatic rings. The van der Waals surface area contributed by atoms with Crippen LogP contribution < -0.4 is 0 Å². The molecule has 0 aromatic carbocycles. The van der Waals surface area contributed by atoms with E-state index < -0.39 is 0 Å². The molecule has 86 valence electrons. The maximum atomic E-state index is 11.9. The number of ether oxygens (including phenoxy) is 1. The Morgan fingerprint density at radius 2 is 2.00 bits per heavy atom. The fraction of sp³-hybridized carbons (Fsp3) is 0.917. The molecular weight excluding hydrogens is 190 g/mol. The first-order valence-electron chi connectivity index (χ1n) is 6.25. The Bertz CT molecular complexity index is 210. The summed E-state index contributed by atoms with van der Waals surface area (Å²) in [5.74, 6) is 0.374. The van der Waals surface area contributed by atoms with Gasteiger partial charge in [0.1, 0.15) is 0 Å². The second-order valence-corrected chi connectivity index (χ2v) is 4.59. The topological polar surface area (TPSA) is 29.5 Å². The van der Waals surface area contributed by atoms with E-state index in [0.29, 0.717) is 11.9 Å². The molecule has 0 spiro atoms. The summed E-state index contributed by atoms with van der Waals surface area (Å²) in [6.45, 7) is 2.68. The Balaban J connectivity index is 1.95. The number of carbonyl (C=O) groups excluding carboxylic acids is 1. The predicted octanol–water partition coefficient (Wildman–Crippen LogP) is 1.96. The van der Waals surface area contributed by atoms with Gasteiger partial charge in [0.15, 0.2) is 0 Å². The van der Waals surface area contributed by atoms with Crippen molar-refractivity contribution < 1.29 is 9.53 Å². The summed E-state index contributed by atoms with van der Waals surface area (Å²) in [6, 6.07) is 0.457. The first-order valence-corrected chi connectivity index (χ1v) is 6.25. The Kier molecular flexibility index (Phi) is 4.01. The molecule has 3 nitrogen and oxygen atoms in total. The van der Waals surface area contributed by atoms with Gasteiger partial charge in [0, 0.05) is 32.2 Å². The van der Waals surface area contributed by atoms with Crippen LogP contribution in [-0.4, -0.2) is 36.6 Å². The van der Waals surface area contributed by atoms with Crippen molar-refractivity contribution in [1.82, 2.24) is 4.90 Å². The molecule has 0 bridgehead atoms. The van der Waals surface area contributed by atoms with E-state index in [1.807, 2.05) is 0 Å². The maximum absolute atomic E-state index is 11.9. The van der Waals surface area contributed by atoms with Gasteiger partial charge < -0.3 is 9.64 Å². The number of hydrogen-bond donors (Lipinski definition) is 0. The van der Waals surface area contributed by atoms with Crippen LogP contribution in [0.4, 0.5) is 0 Å². The molecule has 3 heteroatoms. The second-order valence-electron chi connectivity index (χ2n) is 4.59. The van der Waals surface area contributed by atoms with E-state index in [1.165, 1.54) is 12.8 Å². The third-order valence-corrected chi connectivity index (χ3v) is 3.47. The monoisotopic (exact) mass is 211 g/mol. The molecule has 0 N–H and O–H groups in total. The Hall–Kier alpha value is -0.570. The maximum Gasteiger partial charge on any atom is 0.222 e. The van der Waals surface area contributed by atoms with Gasteiger partial charge in [-0.2, -0.15) is 0 Å². The molecule has 2 aliphatic rings. The van der Waals surface area contributed by atoms with Gasteiger partial charge in [-0.05, 0) is 32.1 Å². The van der Waals surface area contributed by atoms with Crippen LogP contribution in [0.2, 0.25) is 0 Å². The highest BCUT2D eigenvalue weighted by Crippen LogP contribution is 2.20. The summed E-state index contributed by atoms with van der Waals surface area (Å²) in [6.07, 6.45) is 7.51. The van der Waals surface area contributed by atoms with Crippen molar-refractivity contribution in [3.8, 4) is 0 Å². The van der Waals surface area contributed by atoms with Gasteiger partial charge in [-0.3, -0.25) is 4.79 Å². The molecule has 15 heavy (non-hydrogen) atoms. The van der Waals surface area contributed by atoms with Crippen molar-refractivity contribution in [2.24, 2.45) is 0 Å². The zero-order chi connectivity index (χ0) is 10.5. The summed E-state index contributed by atoms with van der Waals surface area (Å²) in [7, 11) is 0. The number of hydrogen-bond acceptors (Lipinski definition) is 2. The first kappa shape index (κ1) is 10.9. The van der Waals surface area contributed by atoms with E-state index in [0.717, 1.165) is 51.9 Å². The minimum atomic E-state index is 0.374. The number of likely N-dealkylation sites (tertiary alicyclic amines) is 1. The zero-order valence-corrected chi connectivity index (χ0v) is 9.41. The summed E-state index contributed by atoms with van der Waals surface area (Å²) >= 11 is 0. The lowest BCUT2D eigenvalue weighted by Gasteiger charge is -2.29. The zero-order valence-electron chi connectivity index (χ0n) is 9.41. The Morgan fingerprint density at radius 1 is 1.07 bits per heavy atom. The molecule has 0 radical (unpaired) electrons. The molecule has 0 aromatic heterocycles. The lowest BCUT2D eigenvalue weighted by molar-refractivity contribution is -0.133. The van der Waals surface area contributed by atoms with E-state index in [1.54, 1.807) is 0 Å². The van der Waals surface area contributed by atoms with Crippen molar-refractivity contribution in [3.63, 3.8) is 0 Å². The summed E-state index contributed by atoms with van der Waals surface area (Å²) in [4.78, 5) is 14.0. The molecule has 0 saturated carbocycles. The minimum absolute atomic E-state index is 0.374. The van der Waals surface area contributed by atoms with Crippen LogP contribution in [0.15, 0.2) is 0 Å². The van der Waals surface area contributed by atoms with Gasteiger partial charge in [-0.1, -0.05) is 6.42 Å². The fourth-order valence-corrected chi connectivity index (χ4v) is 2.59. The van der Waals surface area contributed by atoms with Crippen molar-refractivity contribution >= 4 is 5.91 Å². The number of carbonyl (C=O) groups is 1. The highest BCUT2D eigenvalue weighted by Gasteiger charge is 2.25. The highest BCUT2D eigenvalue weighted by molar-refractivity contribution is 5.76. The van der Waals surface area contributed by atoms with Gasteiger partial charge >= 0.3 is 0 Å². The molecule has 2 aliphatic heterocycles. The van der Waals surface area contributed by atoms with Gasteiger partial charge in [-0.15, -0.1) is 0 Å². The van der Waals surface area contributed by atoms with E-state index >= 15 is 0 Å². The summed E-state index contributed by atoms with van der Waals surface area (Å²) < 4.78 is 5.44. The first-order chi connectivity index (χ1) is 7.38. The van der Waals surface area contributed by atoms with Crippen LogP contribution in [-0.2, 0) is 9.53 Å². The Labute approximate surface area is 91.8 Å². The van der Waals surface area contributed by atoms with Crippen molar-refractivity contribution in [1.29, 1.82) is 0 Å². The predicted molar refractivity (Wildman–Crippen MR) is 58.6 cm³/mol. The number of nitrogens with zero attached hydrogens (tertiary/aromatic N) is 1. The largest absolute Gasteiger partial charge is 0.381 e. The van der Waals surface area contributed by atoms with Crippen molar-refractivity contribution in [2.45, 2.75) is 51.0 Å². The van der Waals surface area contributed by atoms with E-state index in [4.69, 9.17) is 4.74 Å². The Morgan fingerprint density at radius 3 is 2.93 bits per heavy atom. The molecule has 1 amide bonds. The standard InChI is InChI=1S/C12H21NO2/c14-12-6-2-1-3-8-13(12)11-5-4-9-15-10-7-11/h11H,1-10H2. The van der Waals surface area contributed by atoms with Gasteiger partial charge in [-0.25, -0.2) is 0 Å². The number of rotatable bonds is 1. The smallest absolute Gasteiger partial charge is 0.222 e. The molecule has 2 saturated heterocycles. The normalized spacial score (nSPS) is 29.7. The fourth-order valence-electron chi connectivity index (χ4n) is 2.59. The molecule has 1 unspecified atom stereocenters. The van der Waals surface area contributed by atoms with Gasteiger partial charge in [0.05, 0.1) is 0 Å². The van der Waals surface area contributed by atoms with Crippen LogP contribution >= 0.6 is 0 Å². The van der Waals surface area contributed by atoms with Gasteiger partial charge in [0.2, 0.25) is 5.91 Å². The van der Waals surface area contributed by atoms with Crippen LogP contribution in [0.5, 0.6) is 0 Å². The SMILES string of the molecule is O=C1CCCCCN1C1CCCOCC1.